The highest BCUT2D eigenvalue weighted by Gasteiger charge is 2.18. The topological polar surface area (TPSA) is 79.5 Å². The number of rotatable bonds is 7. The average molecular weight is 334 g/mol. The zero-order valence-corrected chi connectivity index (χ0v) is 14.7. The van der Waals surface area contributed by atoms with Gasteiger partial charge in [-0.25, -0.2) is 0 Å². The maximum absolute atomic E-state index is 12.3. The van der Waals surface area contributed by atoms with Crippen molar-refractivity contribution in [1.82, 2.24) is 5.32 Å². The molecule has 126 valence electrons. The summed E-state index contributed by atoms with van der Waals surface area (Å²) in [5, 5.41) is 7.45. The number of amidine groups is 1. The van der Waals surface area contributed by atoms with Crippen LogP contribution in [0.15, 0.2) is 23.2 Å². The summed E-state index contributed by atoms with van der Waals surface area (Å²) in [6.07, 6.45) is 3.31. The van der Waals surface area contributed by atoms with Gasteiger partial charge in [0.1, 0.15) is 0 Å². The van der Waals surface area contributed by atoms with E-state index >= 15 is 0 Å². The van der Waals surface area contributed by atoms with Gasteiger partial charge in [0.05, 0.1) is 6.54 Å². The van der Waals surface area contributed by atoms with Crippen molar-refractivity contribution in [3.63, 3.8) is 0 Å². The van der Waals surface area contributed by atoms with Crippen molar-refractivity contribution in [3.8, 4) is 0 Å². The molecule has 0 fully saturated rings. The summed E-state index contributed by atoms with van der Waals surface area (Å²) in [7, 11) is 0. The highest BCUT2D eigenvalue weighted by molar-refractivity contribution is 8.14. The largest absolute Gasteiger partial charge is 0.385 e. The van der Waals surface area contributed by atoms with E-state index in [9.17, 15) is 4.79 Å². The summed E-state index contributed by atoms with van der Waals surface area (Å²) >= 11 is 1.61. The molecule has 1 aromatic carbocycles. The van der Waals surface area contributed by atoms with Crippen LogP contribution in [0.5, 0.6) is 0 Å². The molecule has 1 unspecified atom stereocenters. The van der Waals surface area contributed by atoms with Crippen molar-refractivity contribution in [1.29, 1.82) is 0 Å². The molecule has 0 radical (unpaired) electrons. The number of aryl methyl sites for hydroxylation is 1. The molecular formula is C17H26N4OS. The Morgan fingerprint density at radius 1 is 1.39 bits per heavy atom. The monoisotopic (exact) mass is 334 g/mol. The molecule has 1 atom stereocenters. The molecule has 1 aliphatic heterocycles. The third-order valence-corrected chi connectivity index (χ3v) is 4.71. The summed E-state index contributed by atoms with van der Waals surface area (Å²) in [6.45, 7) is 6.52. The van der Waals surface area contributed by atoms with E-state index in [2.05, 4.69) is 22.5 Å². The van der Waals surface area contributed by atoms with Crippen molar-refractivity contribution < 1.29 is 4.79 Å². The van der Waals surface area contributed by atoms with Crippen molar-refractivity contribution in [2.75, 3.05) is 25.0 Å². The van der Waals surface area contributed by atoms with Crippen LogP contribution in [0, 0.1) is 6.92 Å². The van der Waals surface area contributed by atoms with Gasteiger partial charge >= 0.3 is 0 Å². The highest BCUT2D eigenvalue weighted by Crippen LogP contribution is 2.20. The Bertz CT molecular complexity index is 574. The van der Waals surface area contributed by atoms with Gasteiger partial charge in [0.15, 0.2) is 5.17 Å². The van der Waals surface area contributed by atoms with E-state index in [1.165, 1.54) is 0 Å². The predicted octanol–water partition coefficient (Wildman–Crippen LogP) is 2.76. The maximum atomic E-state index is 12.3. The lowest BCUT2D eigenvalue weighted by Gasteiger charge is -2.11. The Morgan fingerprint density at radius 2 is 2.22 bits per heavy atom. The standard InChI is InChI=1S/C17H26N4OS/c1-12-10-14(19-9-5-3-4-8-18)6-7-15(12)16(22)21-17-20-11-13(2)23-17/h6-7,10,13,19H,3-5,8-9,11,18H2,1-2H3,(H,20,21,22). The van der Waals surface area contributed by atoms with E-state index in [4.69, 9.17) is 5.73 Å². The maximum Gasteiger partial charge on any atom is 0.257 e. The quantitative estimate of drug-likeness (QED) is 0.670. The molecule has 23 heavy (non-hydrogen) atoms. The minimum Gasteiger partial charge on any atom is -0.385 e. The zero-order valence-electron chi connectivity index (χ0n) is 13.9. The zero-order chi connectivity index (χ0) is 16.7. The van der Waals surface area contributed by atoms with Crippen LogP contribution in [0.25, 0.3) is 0 Å². The van der Waals surface area contributed by atoms with Gasteiger partial charge in [0.25, 0.3) is 5.91 Å². The Labute approximate surface area is 142 Å². The molecule has 1 amide bonds. The number of benzene rings is 1. The second kappa shape index (κ2) is 8.93. The van der Waals surface area contributed by atoms with Crippen LogP contribution >= 0.6 is 11.8 Å². The smallest absolute Gasteiger partial charge is 0.257 e. The molecule has 0 saturated heterocycles. The summed E-state index contributed by atoms with van der Waals surface area (Å²) in [5.41, 5.74) is 8.19. The second-order valence-electron chi connectivity index (χ2n) is 5.83. The number of amides is 1. The van der Waals surface area contributed by atoms with Crippen molar-refractivity contribution >= 4 is 28.5 Å². The first-order valence-electron chi connectivity index (χ1n) is 8.17. The molecule has 4 N–H and O–H groups in total. The molecule has 0 saturated carbocycles. The fourth-order valence-corrected chi connectivity index (χ4v) is 3.25. The number of hydrogen-bond donors (Lipinski definition) is 3. The molecule has 2 rings (SSSR count). The minimum absolute atomic E-state index is 0.0858. The van der Waals surface area contributed by atoms with Gasteiger partial charge in [-0.05, 0) is 50.1 Å². The molecule has 1 aliphatic rings. The van der Waals surface area contributed by atoms with E-state index in [0.717, 1.165) is 55.3 Å². The van der Waals surface area contributed by atoms with Crippen LogP contribution in [0.1, 0.15) is 42.1 Å². The first-order chi connectivity index (χ1) is 11.1. The number of nitrogens with one attached hydrogen (secondary N) is 2. The van der Waals surface area contributed by atoms with Crippen molar-refractivity contribution in [2.45, 2.75) is 38.4 Å². The van der Waals surface area contributed by atoms with Gasteiger partial charge < -0.3 is 16.4 Å². The number of carbonyl (C=O) groups is 1. The lowest BCUT2D eigenvalue weighted by molar-refractivity contribution is 0.0977. The van der Waals surface area contributed by atoms with E-state index in [1.807, 2.05) is 25.1 Å². The van der Waals surface area contributed by atoms with Gasteiger partial charge in [-0.2, -0.15) is 0 Å². The van der Waals surface area contributed by atoms with Gasteiger partial charge in [0, 0.05) is 23.0 Å². The minimum atomic E-state index is -0.0858. The number of thioether (sulfide) groups is 1. The van der Waals surface area contributed by atoms with Crippen LogP contribution in [-0.4, -0.2) is 36.0 Å². The summed E-state index contributed by atoms with van der Waals surface area (Å²) in [5.74, 6) is -0.0858. The first kappa shape index (κ1) is 17.8. The lowest BCUT2D eigenvalue weighted by Crippen LogP contribution is -2.28. The first-order valence-corrected chi connectivity index (χ1v) is 9.05. The summed E-state index contributed by atoms with van der Waals surface area (Å²) in [4.78, 5) is 16.7. The Balaban J connectivity index is 1.87. The molecule has 5 nitrogen and oxygen atoms in total. The molecule has 0 bridgehead atoms. The molecule has 1 heterocycles. The molecule has 0 aromatic heterocycles. The van der Waals surface area contributed by atoms with Crippen molar-refractivity contribution in [3.05, 3.63) is 29.3 Å². The average Bonchev–Trinajstić information content (AvgIpc) is 2.92. The number of hydrogen-bond acceptors (Lipinski definition) is 5. The molecular weight excluding hydrogens is 308 g/mol. The summed E-state index contributed by atoms with van der Waals surface area (Å²) < 4.78 is 0. The molecule has 1 aromatic rings. The van der Waals surface area contributed by atoms with Crippen LogP contribution in [-0.2, 0) is 0 Å². The number of unbranched alkanes of at least 4 members (excludes halogenated alkanes) is 2. The van der Waals surface area contributed by atoms with Gasteiger partial charge in [0.2, 0.25) is 0 Å². The summed E-state index contributed by atoms with van der Waals surface area (Å²) in [6, 6.07) is 5.84. The van der Waals surface area contributed by atoms with Crippen molar-refractivity contribution in [2.24, 2.45) is 10.7 Å². The van der Waals surface area contributed by atoms with Gasteiger partial charge in [-0.1, -0.05) is 25.1 Å². The Kier molecular flexibility index (Phi) is 6.92. The fourth-order valence-electron chi connectivity index (χ4n) is 2.42. The number of carbonyl (C=O) groups excluding carboxylic acids is 1. The van der Waals surface area contributed by atoms with E-state index < -0.39 is 0 Å². The molecule has 6 heteroatoms. The SMILES string of the molecule is Cc1cc(NCCCCCN)ccc1C(=O)NC1=NCC(C)S1. The normalized spacial score (nSPS) is 17.0. The van der Waals surface area contributed by atoms with Gasteiger partial charge in [-0.3, -0.25) is 9.79 Å². The lowest BCUT2D eigenvalue weighted by atomic mass is 10.1. The number of aliphatic imine (C=N–C) groups is 1. The number of nitrogens with two attached hydrogens (primary N) is 1. The number of nitrogens with zero attached hydrogens (tertiary/aromatic N) is 1. The van der Waals surface area contributed by atoms with E-state index in [-0.39, 0.29) is 5.91 Å². The second-order valence-corrected chi connectivity index (χ2v) is 7.26. The molecule has 0 spiro atoms. The Hall–Kier alpha value is -1.53. The van der Waals surface area contributed by atoms with E-state index in [0.29, 0.717) is 10.8 Å². The van der Waals surface area contributed by atoms with Crippen LogP contribution in [0.4, 0.5) is 5.69 Å². The number of anilines is 1. The van der Waals surface area contributed by atoms with Gasteiger partial charge in [-0.15, -0.1) is 0 Å². The third kappa shape index (κ3) is 5.55. The van der Waals surface area contributed by atoms with Crippen LogP contribution in [0.3, 0.4) is 0 Å². The highest BCUT2D eigenvalue weighted by atomic mass is 32.2. The molecule has 0 aliphatic carbocycles. The Morgan fingerprint density at radius 3 is 2.87 bits per heavy atom. The predicted molar refractivity (Wildman–Crippen MR) is 99.4 cm³/mol. The van der Waals surface area contributed by atoms with Crippen LogP contribution in [0.2, 0.25) is 0 Å². The third-order valence-electron chi connectivity index (χ3n) is 3.71. The van der Waals surface area contributed by atoms with E-state index in [1.54, 1.807) is 11.8 Å². The van der Waals surface area contributed by atoms with Crippen LogP contribution < -0.4 is 16.4 Å². The fraction of sp³-hybridized carbons (Fsp3) is 0.529.